The number of hydrogen-bond donors (Lipinski definition) is 0. The Morgan fingerprint density at radius 3 is 2.60 bits per heavy atom. The van der Waals surface area contributed by atoms with Gasteiger partial charge in [0.25, 0.3) is 20.0 Å². The molecule has 1 aliphatic rings. The number of alkyl halides is 1. The molecule has 0 radical (unpaired) electrons. The lowest BCUT2D eigenvalue weighted by molar-refractivity contribution is 0.318. The minimum atomic E-state index is -1.39. The zero-order valence-corrected chi connectivity index (χ0v) is 9.70. The van der Waals surface area contributed by atoms with Crippen LogP contribution >= 0.6 is 0 Å². The van der Waals surface area contributed by atoms with Gasteiger partial charge in [-0.3, -0.25) is 4.39 Å². The molecule has 0 aromatic carbocycles. The lowest BCUT2D eigenvalue weighted by Gasteiger charge is -2.21. The molecule has 0 atom stereocenters. The number of hydrogen-bond acceptors (Lipinski definition) is 3. The first-order valence-corrected chi connectivity index (χ1v) is 7.37. The van der Waals surface area contributed by atoms with Crippen LogP contribution in [0.4, 0.5) is 4.39 Å². The summed E-state index contributed by atoms with van der Waals surface area (Å²) in [6.45, 7) is -0.250. The normalized spacial score (nSPS) is 31.5. The zero-order chi connectivity index (χ0) is 7.23. The molecule has 0 N–H and O–H groups in total. The topological polar surface area (TPSA) is 27.7 Å². The average Bonchev–Trinajstić information content (AvgIpc) is 2.03. The highest BCUT2D eigenvalue weighted by molar-refractivity contribution is 6.61. The van der Waals surface area contributed by atoms with Crippen molar-refractivity contribution in [2.75, 3.05) is 6.67 Å². The summed E-state index contributed by atoms with van der Waals surface area (Å²) in [4.78, 5) is 0. The van der Waals surface area contributed by atoms with Gasteiger partial charge in [-0.1, -0.05) is 0 Å². The smallest absolute Gasteiger partial charge is 0.303 e. The van der Waals surface area contributed by atoms with Crippen LogP contribution in [0.2, 0.25) is 6.04 Å². The van der Waals surface area contributed by atoms with Crippen LogP contribution in [0.25, 0.3) is 0 Å². The van der Waals surface area contributed by atoms with Crippen LogP contribution in [-0.4, -0.2) is 36.0 Å². The fourth-order valence-electron chi connectivity index (χ4n) is 0.741. The van der Waals surface area contributed by atoms with Gasteiger partial charge in [0.2, 0.25) is 0 Å². The highest BCUT2D eigenvalue weighted by Crippen LogP contribution is 2.03. The summed E-state index contributed by atoms with van der Waals surface area (Å²) >= 11 is 0. The van der Waals surface area contributed by atoms with Gasteiger partial charge in [-0.05, 0) is 12.5 Å². The SMILES string of the molecule is FCCC[SiH]1O[SiH2]O[SiH2]O1. The van der Waals surface area contributed by atoms with Crippen LogP contribution in [0, 0.1) is 0 Å². The Hall–Kier alpha value is 0.461. The van der Waals surface area contributed by atoms with Crippen LogP contribution in [0.3, 0.4) is 0 Å². The second kappa shape index (κ2) is 5.16. The first-order chi connectivity index (χ1) is 4.93. The molecule has 0 unspecified atom stereocenters. The summed E-state index contributed by atoms with van der Waals surface area (Å²) in [6, 6.07) is 0.819. The molecule has 0 saturated carbocycles. The van der Waals surface area contributed by atoms with E-state index in [9.17, 15) is 4.39 Å². The van der Waals surface area contributed by atoms with E-state index in [0.717, 1.165) is 6.04 Å². The minimum absolute atomic E-state index is 0.250. The number of rotatable bonds is 3. The maximum atomic E-state index is 11.7. The molecule has 1 heterocycles. The maximum absolute atomic E-state index is 11.7. The standard InChI is InChI=1S/C3H11FO3Si3/c4-2-1-3-10-6-8-5-9-7-10/h10H,1-3,8-9H2. The molecule has 1 rings (SSSR count). The molecule has 0 aliphatic carbocycles. The van der Waals surface area contributed by atoms with Gasteiger partial charge in [0, 0.05) is 0 Å². The Bertz CT molecular complexity index is 89.1. The van der Waals surface area contributed by atoms with Gasteiger partial charge in [-0.25, -0.2) is 0 Å². The lowest BCUT2D eigenvalue weighted by Crippen LogP contribution is -2.34. The van der Waals surface area contributed by atoms with E-state index < -0.39 is 29.3 Å². The molecule has 1 aliphatic heterocycles. The van der Waals surface area contributed by atoms with Gasteiger partial charge in [0.05, 0.1) is 6.67 Å². The zero-order valence-electron chi connectivity index (χ0n) is 5.72. The van der Waals surface area contributed by atoms with Crippen molar-refractivity contribution in [3.8, 4) is 0 Å². The first-order valence-electron chi connectivity index (χ1n) is 3.30. The Kier molecular flexibility index (Phi) is 4.41. The van der Waals surface area contributed by atoms with E-state index in [0.29, 0.717) is 6.42 Å². The molecule has 0 amide bonds. The second-order valence-corrected chi connectivity index (χ2v) is 8.24. The molecule has 0 spiro atoms. The third kappa shape index (κ3) is 3.03. The van der Waals surface area contributed by atoms with Crippen LogP contribution < -0.4 is 0 Å². The largest absolute Gasteiger partial charge is 0.425 e. The summed E-state index contributed by atoms with van der Waals surface area (Å²) in [5.41, 5.74) is 0. The first kappa shape index (κ1) is 8.56. The molecule has 60 valence electrons. The van der Waals surface area contributed by atoms with Crippen molar-refractivity contribution in [2.45, 2.75) is 12.5 Å². The molecule has 1 fully saturated rings. The lowest BCUT2D eigenvalue weighted by atomic mass is 10.6. The molecular formula is C3H11FO3Si3. The van der Waals surface area contributed by atoms with Gasteiger partial charge >= 0.3 is 9.28 Å². The Labute approximate surface area is 65.8 Å². The summed E-state index contributed by atoms with van der Waals surface area (Å²) < 4.78 is 27.3. The molecule has 0 aromatic heterocycles. The molecule has 0 aromatic rings. The van der Waals surface area contributed by atoms with Crippen molar-refractivity contribution in [2.24, 2.45) is 0 Å². The fraction of sp³-hybridized carbons (Fsp3) is 1.00. The van der Waals surface area contributed by atoms with Gasteiger partial charge in [-0.15, -0.1) is 0 Å². The third-order valence-electron chi connectivity index (χ3n) is 1.25. The van der Waals surface area contributed by atoms with Crippen molar-refractivity contribution < 1.29 is 16.7 Å². The Balaban J connectivity index is 2.02. The molecule has 7 heteroatoms. The summed E-state index contributed by atoms with van der Waals surface area (Å²) in [5, 5.41) is 0. The molecule has 10 heavy (non-hydrogen) atoms. The highest BCUT2D eigenvalue weighted by Gasteiger charge is 2.16. The van der Waals surface area contributed by atoms with Crippen molar-refractivity contribution in [3.63, 3.8) is 0 Å². The van der Waals surface area contributed by atoms with E-state index in [-0.39, 0.29) is 6.67 Å². The third-order valence-corrected chi connectivity index (χ3v) is 7.52. The summed E-state index contributed by atoms with van der Waals surface area (Å²) in [5.74, 6) is 0. The van der Waals surface area contributed by atoms with Crippen LogP contribution in [-0.2, 0) is 12.3 Å². The van der Waals surface area contributed by atoms with E-state index >= 15 is 0 Å². The van der Waals surface area contributed by atoms with Crippen molar-refractivity contribution in [1.29, 1.82) is 0 Å². The minimum Gasteiger partial charge on any atom is -0.425 e. The fourth-order valence-corrected chi connectivity index (χ4v) is 7.80. The van der Waals surface area contributed by atoms with Crippen molar-refractivity contribution in [3.05, 3.63) is 0 Å². The van der Waals surface area contributed by atoms with Gasteiger partial charge < -0.3 is 12.3 Å². The van der Waals surface area contributed by atoms with E-state index in [1.807, 2.05) is 0 Å². The highest BCUT2D eigenvalue weighted by atomic mass is 28.4. The van der Waals surface area contributed by atoms with E-state index in [1.54, 1.807) is 0 Å². The summed E-state index contributed by atoms with van der Waals surface area (Å²) in [7, 11) is -2.77. The van der Waals surface area contributed by atoms with Gasteiger partial charge in [0.15, 0.2) is 0 Å². The summed E-state index contributed by atoms with van der Waals surface area (Å²) in [6.07, 6.45) is 0.597. The maximum Gasteiger partial charge on any atom is 0.303 e. The van der Waals surface area contributed by atoms with Gasteiger partial charge in [0.1, 0.15) is 0 Å². The van der Waals surface area contributed by atoms with E-state index in [2.05, 4.69) is 0 Å². The second-order valence-electron chi connectivity index (χ2n) is 2.03. The average molecular weight is 198 g/mol. The van der Waals surface area contributed by atoms with Crippen molar-refractivity contribution in [1.82, 2.24) is 0 Å². The number of halogens is 1. The van der Waals surface area contributed by atoms with Crippen LogP contribution in [0.5, 0.6) is 0 Å². The molecule has 1 saturated heterocycles. The van der Waals surface area contributed by atoms with E-state index in [1.165, 1.54) is 0 Å². The van der Waals surface area contributed by atoms with Gasteiger partial charge in [-0.2, -0.15) is 0 Å². The predicted molar refractivity (Wildman–Crippen MR) is 42.9 cm³/mol. The monoisotopic (exact) mass is 198 g/mol. The van der Waals surface area contributed by atoms with Crippen LogP contribution in [0.1, 0.15) is 6.42 Å². The quantitative estimate of drug-likeness (QED) is 0.524. The molecular weight excluding hydrogens is 187 g/mol. The molecule has 3 nitrogen and oxygen atoms in total. The predicted octanol–water partition coefficient (Wildman–Crippen LogP) is -1.37. The Morgan fingerprint density at radius 1 is 1.30 bits per heavy atom. The van der Waals surface area contributed by atoms with E-state index in [4.69, 9.17) is 12.3 Å². The van der Waals surface area contributed by atoms with Crippen LogP contribution in [0.15, 0.2) is 0 Å². The van der Waals surface area contributed by atoms with Crippen molar-refractivity contribution >= 4 is 29.3 Å². The molecule has 0 bridgehead atoms. The Morgan fingerprint density at radius 2 is 2.00 bits per heavy atom.